The fraction of sp³-hybridized carbons (Fsp3) is 0.500. The summed E-state index contributed by atoms with van der Waals surface area (Å²) in [6.07, 6.45) is 1.01. The van der Waals surface area contributed by atoms with Crippen molar-refractivity contribution in [2.75, 3.05) is 19.6 Å². The van der Waals surface area contributed by atoms with Gasteiger partial charge in [-0.15, -0.1) is 0 Å². The van der Waals surface area contributed by atoms with Crippen LogP contribution in [-0.2, 0) is 9.84 Å². The van der Waals surface area contributed by atoms with E-state index in [0.29, 0.717) is 17.4 Å². The number of benzene rings is 1. The molecular formula is C14H20BrN3O2S. The minimum atomic E-state index is -3.42. The maximum absolute atomic E-state index is 12.7. The SMILES string of the molecule is CC(C)(CNC1=NCCCN1)S(=O)(=O)c1ccc(Br)cc1. The van der Waals surface area contributed by atoms with Crippen LogP contribution in [-0.4, -0.2) is 38.8 Å². The highest BCUT2D eigenvalue weighted by Gasteiger charge is 2.35. The summed E-state index contributed by atoms with van der Waals surface area (Å²) in [6.45, 7) is 5.39. The predicted octanol–water partition coefficient (Wildman–Crippen LogP) is 1.94. The van der Waals surface area contributed by atoms with E-state index in [1.54, 1.807) is 38.1 Å². The van der Waals surface area contributed by atoms with E-state index in [1.807, 2.05) is 0 Å². The first kappa shape index (κ1) is 16.3. The number of guanidine groups is 1. The zero-order chi connectivity index (χ0) is 15.5. The van der Waals surface area contributed by atoms with E-state index < -0.39 is 14.6 Å². The van der Waals surface area contributed by atoms with E-state index in [-0.39, 0.29) is 0 Å². The summed E-state index contributed by atoms with van der Waals surface area (Å²) in [5.41, 5.74) is 0. The molecule has 1 aliphatic heterocycles. The zero-order valence-corrected chi connectivity index (χ0v) is 14.6. The Morgan fingerprint density at radius 3 is 2.57 bits per heavy atom. The van der Waals surface area contributed by atoms with Crippen LogP contribution >= 0.6 is 15.9 Å². The summed E-state index contributed by atoms with van der Waals surface area (Å²) >= 11 is 3.31. The van der Waals surface area contributed by atoms with Crippen LogP contribution in [0.15, 0.2) is 38.6 Å². The predicted molar refractivity (Wildman–Crippen MR) is 88.3 cm³/mol. The van der Waals surface area contributed by atoms with E-state index in [9.17, 15) is 8.42 Å². The molecule has 2 rings (SSSR count). The Morgan fingerprint density at radius 2 is 2.00 bits per heavy atom. The van der Waals surface area contributed by atoms with Gasteiger partial charge in [-0.1, -0.05) is 15.9 Å². The van der Waals surface area contributed by atoms with Gasteiger partial charge in [-0.3, -0.25) is 4.99 Å². The normalized spacial score (nSPS) is 16.0. The number of nitrogens with one attached hydrogen (secondary N) is 2. The summed E-state index contributed by atoms with van der Waals surface area (Å²) in [5, 5.41) is 6.23. The second kappa shape index (κ2) is 6.36. The molecule has 0 saturated heterocycles. The molecule has 1 aromatic carbocycles. The van der Waals surface area contributed by atoms with E-state index in [4.69, 9.17) is 0 Å². The third-order valence-electron chi connectivity index (χ3n) is 3.43. The van der Waals surface area contributed by atoms with Crippen molar-refractivity contribution in [3.8, 4) is 0 Å². The summed E-state index contributed by atoms with van der Waals surface area (Å²) in [6, 6.07) is 6.72. The smallest absolute Gasteiger partial charge is 0.191 e. The van der Waals surface area contributed by atoms with Gasteiger partial charge in [0.05, 0.1) is 9.64 Å². The first-order valence-electron chi connectivity index (χ1n) is 6.85. The third-order valence-corrected chi connectivity index (χ3v) is 6.45. The molecule has 0 amide bonds. The Kier molecular flexibility index (Phi) is 4.93. The van der Waals surface area contributed by atoms with Gasteiger partial charge in [-0.25, -0.2) is 8.42 Å². The summed E-state index contributed by atoms with van der Waals surface area (Å²) < 4.78 is 25.4. The molecule has 0 bridgehead atoms. The summed E-state index contributed by atoms with van der Waals surface area (Å²) in [7, 11) is -3.42. The van der Waals surface area contributed by atoms with Crippen molar-refractivity contribution < 1.29 is 8.42 Å². The molecule has 1 aromatic rings. The molecule has 21 heavy (non-hydrogen) atoms. The lowest BCUT2D eigenvalue weighted by molar-refractivity contribution is 0.537. The van der Waals surface area contributed by atoms with Gasteiger partial charge in [0.1, 0.15) is 0 Å². The Labute approximate surface area is 134 Å². The standard InChI is InChI=1S/C14H20BrN3O2S/c1-14(2,10-18-13-16-8-3-9-17-13)21(19,20)12-6-4-11(15)5-7-12/h4-7H,3,8-10H2,1-2H3,(H2,16,17,18). The Morgan fingerprint density at radius 1 is 1.33 bits per heavy atom. The van der Waals surface area contributed by atoms with Gasteiger partial charge in [0.25, 0.3) is 0 Å². The summed E-state index contributed by atoms with van der Waals surface area (Å²) in [4.78, 5) is 4.62. The van der Waals surface area contributed by atoms with Crippen molar-refractivity contribution >= 4 is 31.7 Å². The highest BCUT2D eigenvalue weighted by atomic mass is 79.9. The molecule has 0 unspecified atom stereocenters. The lowest BCUT2D eigenvalue weighted by Gasteiger charge is -2.27. The maximum Gasteiger partial charge on any atom is 0.191 e. The van der Waals surface area contributed by atoms with Crippen LogP contribution in [0.5, 0.6) is 0 Å². The molecule has 0 radical (unpaired) electrons. The molecule has 0 aliphatic carbocycles. The first-order valence-corrected chi connectivity index (χ1v) is 9.13. The van der Waals surface area contributed by atoms with Crippen LogP contribution in [0, 0.1) is 0 Å². The average Bonchev–Trinajstić information content (AvgIpc) is 2.46. The zero-order valence-electron chi connectivity index (χ0n) is 12.2. The van der Waals surface area contributed by atoms with E-state index in [1.165, 1.54) is 0 Å². The fourth-order valence-corrected chi connectivity index (χ4v) is 3.63. The van der Waals surface area contributed by atoms with Gasteiger partial charge in [-0.05, 0) is 44.5 Å². The molecule has 0 saturated carbocycles. The Balaban J connectivity index is 2.13. The number of halogens is 1. The van der Waals surface area contributed by atoms with Crippen molar-refractivity contribution in [2.24, 2.45) is 4.99 Å². The van der Waals surface area contributed by atoms with Crippen molar-refractivity contribution in [1.29, 1.82) is 0 Å². The van der Waals surface area contributed by atoms with Crippen LogP contribution in [0.25, 0.3) is 0 Å². The van der Waals surface area contributed by atoms with E-state index >= 15 is 0 Å². The van der Waals surface area contributed by atoms with Gasteiger partial charge in [-0.2, -0.15) is 0 Å². The van der Waals surface area contributed by atoms with Gasteiger partial charge >= 0.3 is 0 Å². The van der Waals surface area contributed by atoms with Crippen molar-refractivity contribution in [3.63, 3.8) is 0 Å². The molecular weight excluding hydrogens is 354 g/mol. The lowest BCUT2D eigenvalue weighted by Crippen LogP contribution is -2.49. The highest BCUT2D eigenvalue weighted by Crippen LogP contribution is 2.26. The topological polar surface area (TPSA) is 70.6 Å². The van der Waals surface area contributed by atoms with Gasteiger partial charge in [0.2, 0.25) is 0 Å². The minimum Gasteiger partial charge on any atom is -0.356 e. The first-order chi connectivity index (χ1) is 9.83. The van der Waals surface area contributed by atoms with Crippen molar-refractivity contribution in [2.45, 2.75) is 29.9 Å². The third kappa shape index (κ3) is 3.77. The summed E-state index contributed by atoms with van der Waals surface area (Å²) in [5.74, 6) is 0.681. The Bertz CT molecular complexity index is 624. The molecule has 116 valence electrons. The van der Waals surface area contributed by atoms with Crippen LogP contribution < -0.4 is 10.6 Å². The van der Waals surface area contributed by atoms with Crippen molar-refractivity contribution in [1.82, 2.24) is 10.6 Å². The number of aliphatic imine (C=N–C) groups is 1. The average molecular weight is 374 g/mol. The minimum absolute atomic E-state index is 0.303. The molecule has 0 aromatic heterocycles. The second-order valence-electron chi connectivity index (χ2n) is 5.58. The lowest BCUT2D eigenvalue weighted by atomic mass is 10.2. The molecule has 0 spiro atoms. The molecule has 0 atom stereocenters. The monoisotopic (exact) mass is 373 g/mol. The number of hydrogen-bond acceptors (Lipinski definition) is 5. The van der Waals surface area contributed by atoms with Gasteiger partial charge in [0.15, 0.2) is 15.8 Å². The molecule has 5 nitrogen and oxygen atoms in total. The van der Waals surface area contributed by atoms with Crippen LogP contribution in [0.2, 0.25) is 0 Å². The number of rotatable bonds is 4. The number of sulfone groups is 1. The Hall–Kier alpha value is -1.08. The quantitative estimate of drug-likeness (QED) is 0.845. The highest BCUT2D eigenvalue weighted by molar-refractivity contribution is 9.10. The largest absolute Gasteiger partial charge is 0.356 e. The van der Waals surface area contributed by atoms with Gasteiger partial charge in [0, 0.05) is 24.1 Å². The number of hydrogen-bond donors (Lipinski definition) is 2. The molecule has 2 N–H and O–H groups in total. The van der Waals surface area contributed by atoms with E-state index in [0.717, 1.165) is 24.0 Å². The number of nitrogens with zero attached hydrogens (tertiary/aromatic N) is 1. The molecule has 0 fully saturated rings. The van der Waals surface area contributed by atoms with Crippen LogP contribution in [0.4, 0.5) is 0 Å². The van der Waals surface area contributed by atoms with E-state index in [2.05, 4.69) is 31.6 Å². The van der Waals surface area contributed by atoms with Gasteiger partial charge < -0.3 is 10.6 Å². The van der Waals surface area contributed by atoms with Crippen molar-refractivity contribution in [3.05, 3.63) is 28.7 Å². The van der Waals surface area contributed by atoms with Crippen LogP contribution in [0.1, 0.15) is 20.3 Å². The fourth-order valence-electron chi connectivity index (χ4n) is 1.98. The van der Waals surface area contributed by atoms with Crippen LogP contribution in [0.3, 0.4) is 0 Å². The molecule has 7 heteroatoms. The molecule has 1 aliphatic rings. The maximum atomic E-state index is 12.7. The second-order valence-corrected chi connectivity index (χ2v) is 9.08. The molecule has 1 heterocycles.